The fourth-order valence-electron chi connectivity index (χ4n) is 4.12. The van der Waals surface area contributed by atoms with Gasteiger partial charge in [-0.3, -0.25) is 9.89 Å². The van der Waals surface area contributed by atoms with E-state index in [0.29, 0.717) is 6.54 Å². The van der Waals surface area contributed by atoms with Gasteiger partial charge in [0.25, 0.3) is 0 Å². The minimum Gasteiger partial charge on any atom is -0.444 e. The van der Waals surface area contributed by atoms with Crippen LogP contribution >= 0.6 is 24.0 Å². The number of hydrogen-bond acceptors (Lipinski definition) is 5. The van der Waals surface area contributed by atoms with Crippen LogP contribution in [-0.4, -0.2) is 81.1 Å². The smallest absolute Gasteiger partial charge is 0.407 e. The lowest BCUT2D eigenvalue weighted by Crippen LogP contribution is -2.60. The largest absolute Gasteiger partial charge is 0.444 e. The minimum absolute atomic E-state index is 0. The Morgan fingerprint density at radius 3 is 2.30 bits per heavy atom. The van der Waals surface area contributed by atoms with Crippen molar-refractivity contribution in [3.05, 3.63) is 0 Å². The van der Waals surface area contributed by atoms with Crippen LogP contribution in [0.25, 0.3) is 0 Å². The van der Waals surface area contributed by atoms with Crippen LogP contribution in [0.5, 0.6) is 0 Å². The number of aliphatic imine (C=N–C) groups is 1. The van der Waals surface area contributed by atoms with Crippen molar-refractivity contribution in [2.45, 2.75) is 70.4 Å². The van der Waals surface area contributed by atoms with Gasteiger partial charge >= 0.3 is 6.09 Å². The summed E-state index contributed by atoms with van der Waals surface area (Å²) in [6, 6.07) is 0. The number of amides is 1. The van der Waals surface area contributed by atoms with Gasteiger partial charge in [0.1, 0.15) is 5.60 Å². The first kappa shape index (κ1) is 27.2. The SMILES string of the molecule is CN=C(NCCCNC(=O)OC(C)(C)C)NCC1(N2CCOCC2)CCCCC1.I. The summed E-state index contributed by atoms with van der Waals surface area (Å²) in [6.45, 7) is 11.5. The van der Waals surface area contributed by atoms with Gasteiger partial charge in [0.15, 0.2) is 5.96 Å². The summed E-state index contributed by atoms with van der Waals surface area (Å²) in [4.78, 5) is 18.7. The molecule has 0 spiro atoms. The van der Waals surface area contributed by atoms with Crippen molar-refractivity contribution in [2.24, 2.45) is 4.99 Å². The number of halogens is 1. The monoisotopic (exact) mass is 539 g/mol. The van der Waals surface area contributed by atoms with Crippen molar-refractivity contribution in [1.82, 2.24) is 20.9 Å². The van der Waals surface area contributed by atoms with Gasteiger partial charge in [-0.2, -0.15) is 0 Å². The Morgan fingerprint density at radius 1 is 1.07 bits per heavy atom. The zero-order chi connectivity index (χ0) is 21.2. The van der Waals surface area contributed by atoms with Crippen LogP contribution in [0, 0.1) is 0 Å². The van der Waals surface area contributed by atoms with Crippen molar-refractivity contribution >= 4 is 36.0 Å². The molecule has 0 aromatic heterocycles. The predicted molar refractivity (Wildman–Crippen MR) is 132 cm³/mol. The maximum absolute atomic E-state index is 11.7. The van der Waals surface area contributed by atoms with E-state index in [4.69, 9.17) is 9.47 Å². The van der Waals surface area contributed by atoms with E-state index in [2.05, 4.69) is 25.8 Å². The van der Waals surface area contributed by atoms with Crippen LogP contribution in [0.3, 0.4) is 0 Å². The third kappa shape index (κ3) is 9.55. The first-order chi connectivity index (χ1) is 13.8. The third-order valence-corrected chi connectivity index (χ3v) is 5.59. The van der Waals surface area contributed by atoms with E-state index in [0.717, 1.165) is 51.8 Å². The number of nitrogens with zero attached hydrogens (tertiary/aromatic N) is 2. The van der Waals surface area contributed by atoms with E-state index in [9.17, 15) is 4.79 Å². The van der Waals surface area contributed by atoms with E-state index >= 15 is 0 Å². The highest BCUT2D eigenvalue weighted by Crippen LogP contribution is 2.33. The van der Waals surface area contributed by atoms with Crippen molar-refractivity contribution < 1.29 is 14.3 Å². The molecular formula is C21H42IN5O3. The second kappa shape index (κ2) is 13.6. The Balaban J connectivity index is 0.00000450. The summed E-state index contributed by atoms with van der Waals surface area (Å²) < 4.78 is 10.8. The molecule has 0 aromatic rings. The maximum Gasteiger partial charge on any atom is 0.407 e. The van der Waals surface area contributed by atoms with Gasteiger partial charge in [0, 0.05) is 45.3 Å². The molecule has 30 heavy (non-hydrogen) atoms. The molecule has 1 aliphatic carbocycles. The lowest BCUT2D eigenvalue weighted by Gasteiger charge is -2.48. The van der Waals surface area contributed by atoms with Crippen LogP contribution in [0.15, 0.2) is 4.99 Å². The third-order valence-electron chi connectivity index (χ3n) is 5.59. The van der Waals surface area contributed by atoms with E-state index in [1.807, 2.05) is 20.8 Å². The number of morpholine rings is 1. The van der Waals surface area contributed by atoms with Gasteiger partial charge in [-0.25, -0.2) is 4.79 Å². The molecule has 0 bridgehead atoms. The van der Waals surface area contributed by atoms with E-state index in [1.54, 1.807) is 7.05 Å². The summed E-state index contributed by atoms with van der Waals surface area (Å²) >= 11 is 0. The average Bonchev–Trinajstić information content (AvgIpc) is 2.70. The fraction of sp³-hybridized carbons (Fsp3) is 0.905. The average molecular weight is 540 g/mol. The molecule has 0 unspecified atom stereocenters. The number of alkyl carbamates (subject to hydrolysis) is 1. The highest BCUT2D eigenvalue weighted by atomic mass is 127. The van der Waals surface area contributed by atoms with E-state index < -0.39 is 5.60 Å². The zero-order valence-electron chi connectivity index (χ0n) is 19.2. The highest BCUT2D eigenvalue weighted by Gasteiger charge is 2.38. The Bertz CT molecular complexity index is 527. The molecule has 8 nitrogen and oxygen atoms in total. The van der Waals surface area contributed by atoms with Crippen LogP contribution in [-0.2, 0) is 9.47 Å². The number of hydrogen-bond donors (Lipinski definition) is 3. The number of ether oxygens (including phenoxy) is 2. The molecule has 2 aliphatic rings. The summed E-state index contributed by atoms with van der Waals surface area (Å²) in [7, 11) is 1.80. The first-order valence-electron chi connectivity index (χ1n) is 11.1. The summed E-state index contributed by atoms with van der Waals surface area (Å²) in [5.74, 6) is 0.820. The highest BCUT2D eigenvalue weighted by molar-refractivity contribution is 14.0. The number of carbonyl (C=O) groups is 1. The number of rotatable bonds is 7. The van der Waals surface area contributed by atoms with Crippen LogP contribution in [0.2, 0.25) is 0 Å². The molecule has 2 fully saturated rings. The molecule has 1 saturated carbocycles. The lowest BCUT2D eigenvalue weighted by molar-refractivity contribution is -0.0352. The minimum atomic E-state index is -0.468. The lowest BCUT2D eigenvalue weighted by atomic mass is 9.80. The molecule has 1 aliphatic heterocycles. The van der Waals surface area contributed by atoms with Crippen LogP contribution in [0.1, 0.15) is 59.3 Å². The Kier molecular flexibility index (Phi) is 12.3. The normalized spacial score (nSPS) is 20.1. The van der Waals surface area contributed by atoms with E-state index in [1.165, 1.54) is 32.1 Å². The Labute approximate surface area is 199 Å². The Hall–Kier alpha value is -0.810. The fourth-order valence-corrected chi connectivity index (χ4v) is 4.12. The molecule has 9 heteroatoms. The molecule has 1 amide bonds. The number of nitrogens with one attached hydrogen (secondary N) is 3. The molecular weight excluding hydrogens is 497 g/mol. The second-order valence-electron chi connectivity index (χ2n) is 9.02. The molecule has 3 N–H and O–H groups in total. The van der Waals surface area contributed by atoms with E-state index in [-0.39, 0.29) is 35.6 Å². The van der Waals surface area contributed by atoms with Gasteiger partial charge in [-0.05, 0) is 40.0 Å². The van der Waals surface area contributed by atoms with Crippen LogP contribution < -0.4 is 16.0 Å². The predicted octanol–water partition coefficient (Wildman–Crippen LogP) is 2.72. The summed E-state index contributed by atoms with van der Waals surface area (Å²) in [6.07, 6.45) is 6.82. The number of guanidine groups is 1. The topological polar surface area (TPSA) is 87.2 Å². The quantitative estimate of drug-likeness (QED) is 0.200. The van der Waals surface area contributed by atoms with Crippen molar-refractivity contribution in [3.8, 4) is 0 Å². The molecule has 0 aromatic carbocycles. The Morgan fingerprint density at radius 2 is 1.70 bits per heavy atom. The summed E-state index contributed by atoms with van der Waals surface area (Å²) in [5.41, 5.74) is -0.262. The van der Waals surface area contributed by atoms with Gasteiger partial charge in [-0.1, -0.05) is 19.3 Å². The molecule has 176 valence electrons. The summed E-state index contributed by atoms with van der Waals surface area (Å²) in [5, 5.41) is 9.69. The van der Waals surface area contributed by atoms with Crippen LogP contribution in [0.4, 0.5) is 4.79 Å². The van der Waals surface area contributed by atoms with Crippen molar-refractivity contribution in [2.75, 3.05) is 53.0 Å². The van der Waals surface area contributed by atoms with Gasteiger partial charge < -0.3 is 25.4 Å². The molecule has 1 heterocycles. The molecule has 2 rings (SSSR count). The van der Waals surface area contributed by atoms with Gasteiger partial charge in [-0.15, -0.1) is 24.0 Å². The zero-order valence-corrected chi connectivity index (χ0v) is 21.6. The number of carbonyl (C=O) groups excluding carboxylic acids is 1. The second-order valence-corrected chi connectivity index (χ2v) is 9.02. The van der Waals surface area contributed by atoms with Crippen molar-refractivity contribution in [1.29, 1.82) is 0 Å². The molecule has 0 radical (unpaired) electrons. The van der Waals surface area contributed by atoms with Crippen molar-refractivity contribution in [3.63, 3.8) is 0 Å². The van der Waals surface area contributed by atoms with Gasteiger partial charge in [0.2, 0.25) is 0 Å². The first-order valence-corrected chi connectivity index (χ1v) is 11.1. The standard InChI is InChI=1S/C21H41N5O3.HI/c1-20(2,3)29-19(27)24-12-8-11-23-18(22-4)25-17-21(9-6-5-7-10-21)26-13-15-28-16-14-26;/h5-17H2,1-4H3,(H,24,27)(H2,22,23,25);1H. The maximum atomic E-state index is 11.7. The molecule has 0 atom stereocenters. The van der Waals surface area contributed by atoms with Gasteiger partial charge in [0.05, 0.1) is 13.2 Å². The molecule has 1 saturated heterocycles.